The van der Waals surface area contributed by atoms with E-state index in [2.05, 4.69) is 0 Å². The minimum absolute atomic E-state index is 0.0485. The van der Waals surface area contributed by atoms with Crippen LogP contribution in [0.25, 0.3) is 0 Å². The molecule has 20 heavy (non-hydrogen) atoms. The highest BCUT2D eigenvalue weighted by Gasteiger charge is 2.77. The van der Waals surface area contributed by atoms with Crippen LogP contribution in [0.5, 0.6) is 0 Å². The molecule has 0 amide bonds. The Morgan fingerprint density at radius 3 is 2.25 bits per heavy atom. The third kappa shape index (κ3) is 3.03. The molecule has 0 N–H and O–H groups in total. The Morgan fingerprint density at radius 2 is 1.85 bits per heavy atom. The molecule has 2 atom stereocenters. The number of hydrogen-bond donors (Lipinski definition) is 0. The molecule has 0 aromatic heterocycles. The molecule has 0 aliphatic heterocycles. The first-order valence-electron chi connectivity index (χ1n) is 6.48. The van der Waals surface area contributed by atoms with Gasteiger partial charge in [0.15, 0.2) is 11.1 Å². The van der Waals surface area contributed by atoms with Gasteiger partial charge in [-0.1, -0.05) is 0 Å². The molecule has 6 nitrogen and oxygen atoms in total. The first-order chi connectivity index (χ1) is 9.33. The summed E-state index contributed by atoms with van der Waals surface area (Å²) >= 11 is 0. The summed E-state index contributed by atoms with van der Waals surface area (Å²) in [7, 11) is -3.66. The van der Waals surface area contributed by atoms with Gasteiger partial charge in [0.05, 0.1) is 32.1 Å². The lowest BCUT2D eigenvalue weighted by Gasteiger charge is -2.20. The molecule has 0 bridgehead atoms. The molecule has 0 aromatic rings. The molecule has 0 spiro atoms. The van der Waals surface area contributed by atoms with Crippen LogP contribution in [0.4, 0.5) is 4.39 Å². The molecule has 1 aliphatic carbocycles. The number of carbonyl (C=O) groups excluding carboxylic acids is 1. The minimum Gasteiger partial charge on any atom is -0.465 e. The molecule has 1 rings (SSSR count). The van der Waals surface area contributed by atoms with E-state index >= 15 is 0 Å². The maximum atomic E-state index is 14.7. The van der Waals surface area contributed by atoms with Gasteiger partial charge in [-0.2, -0.15) is 5.26 Å². The van der Waals surface area contributed by atoms with E-state index < -0.39 is 30.8 Å². The van der Waals surface area contributed by atoms with E-state index in [1.54, 1.807) is 26.8 Å². The molecule has 0 radical (unpaired) electrons. The number of nitrogens with zero attached hydrogens (tertiary/aromatic N) is 1. The van der Waals surface area contributed by atoms with Crippen LogP contribution >= 0.6 is 7.60 Å². The van der Waals surface area contributed by atoms with E-state index in [9.17, 15) is 13.8 Å². The Labute approximate surface area is 117 Å². The van der Waals surface area contributed by atoms with Crippen LogP contribution in [0.3, 0.4) is 0 Å². The van der Waals surface area contributed by atoms with Crippen LogP contribution in [-0.2, 0) is 23.1 Å². The van der Waals surface area contributed by atoms with Crippen molar-refractivity contribution < 1.29 is 27.5 Å². The predicted molar refractivity (Wildman–Crippen MR) is 68.9 cm³/mol. The zero-order valence-electron chi connectivity index (χ0n) is 11.8. The minimum atomic E-state index is -3.66. The monoisotopic (exact) mass is 307 g/mol. The number of esters is 1. The van der Waals surface area contributed by atoms with Gasteiger partial charge in [0.2, 0.25) is 0 Å². The van der Waals surface area contributed by atoms with Crippen molar-refractivity contribution in [3.63, 3.8) is 0 Å². The third-order valence-electron chi connectivity index (χ3n) is 3.10. The summed E-state index contributed by atoms with van der Waals surface area (Å²) in [5.74, 6) is -0.926. The summed E-state index contributed by atoms with van der Waals surface area (Å²) < 4.78 is 41.7. The third-order valence-corrected chi connectivity index (χ3v) is 5.29. The SMILES string of the molecule is CCOC(=O)C1(C#N)CC1(F)CP(=O)(OCC)OCC. The topological polar surface area (TPSA) is 85.6 Å². The molecular weight excluding hydrogens is 288 g/mol. The van der Waals surface area contributed by atoms with Crippen molar-refractivity contribution in [1.82, 2.24) is 0 Å². The van der Waals surface area contributed by atoms with Crippen LogP contribution in [0.2, 0.25) is 0 Å². The lowest BCUT2D eigenvalue weighted by Crippen LogP contribution is -2.29. The Kier molecular flexibility index (Phi) is 5.31. The number of hydrogen-bond acceptors (Lipinski definition) is 6. The van der Waals surface area contributed by atoms with Gasteiger partial charge in [0.1, 0.15) is 0 Å². The molecule has 1 aliphatic rings. The molecule has 1 saturated carbocycles. The molecular formula is C12H19FNO5P. The summed E-state index contributed by atoms with van der Waals surface area (Å²) in [5, 5.41) is 9.08. The number of halogens is 1. The van der Waals surface area contributed by atoms with Gasteiger partial charge < -0.3 is 13.8 Å². The fourth-order valence-electron chi connectivity index (χ4n) is 2.09. The Morgan fingerprint density at radius 1 is 1.30 bits per heavy atom. The maximum absolute atomic E-state index is 14.7. The fraction of sp³-hybridized carbons (Fsp3) is 0.833. The summed E-state index contributed by atoms with van der Waals surface area (Å²) in [6.45, 7) is 5.00. The zero-order chi connectivity index (χ0) is 15.4. The van der Waals surface area contributed by atoms with Crippen molar-refractivity contribution in [2.45, 2.75) is 32.9 Å². The molecule has 0 saturated heterocycles. The van der Waals surface area contributed by atoms with Crippen molar-refractivity contribution >= 4 is 13.6 Å². The second-order valence-electron chi connectivity index (χ2n) is 4.48. The normalized spacial score (nSPS) is 28.8. The van der Waals surface area contributed by atoms with Gasteiger partial charge in [-0.25, -0.2) is 4.39 Å². The highest BCUT2D eigenvalue weighted by atomic mass is 31.2. The average Bonchev–Trinajstić information content (AvgIpc) is 2.95. The predicted octanol–water partition coefficient (Wildman–Crippen LogP) is 2.44. The Hall–Kier alpha value is -0.960. The van der Waals surface area contributed by atoms with Gasteiger partial charge in [0, 0.05) is 6.42 Å². The first-order valence-corrected chi connectivity index (χ1v) is 8.21. The number of ether oxygens (including phenoxy) is 1. The molecule has 114 valence electrons. The van der Waals surface area contributed by atoms with Gasteiger partial charge in [-0.15, -0.1) is 0 Å². The van der Waals surface area contributed by atoms with Crippen molar-refractivity contribution in [1.29, 1.82) is 5.26 Å². The lowest BCUT2D eigenvalue weighted by atomic mass is 10.1. The second kappa shape index (κ2) is 6.21. The maximum Gasteiger partial charge on any atom is 0.333 e. The summed E-state index contributed by atoms with van der Waals surface area (Å²) in [6, 6.07) is 1.65. The van der Waals surface area contributed by atoms with Crippen LogP contribution in [0.15, 0.2) is 0 Å². The highest BCUT2D eigenvalue weighted by Crippen LogP contribution is 2.66. The van der Waals surface area contributed by atoms with Crippen LogP contribution < -0.4 is 0 Å². The van der Waals surface area contributed by atoms with Crippen molar-refractivity contribution in [2.24, 2.45) is 5.41 Å². The van der Waals surface area contributed by atoms with E-state index in [1.165, 1.54) is 0 Å². The molecule has 2 unspecified atom stereocenters. The van der Waals surface area contributed by atoms with E-state index in [0.29, 0.717) is 0 Å². The number of alkyl halides is 1. The van der Waals surface area contributed by atoms with E-state index in [4.69, 9.17) is 19.0 Å². The smallest absolute Gasteiger partial charge is 0.333 e. The van der Waals surface area contributed by atoms with E-state index in [0.717, 1.165) is 0 Å². The van der Waals surface area contributed by atoms with E-state index in [1.807, 2.05) is 0 Å². The quantitative estimate of drug-likeness (QED) is 0.506. The molecule has 1 fully saturated rings. The van der Waals surface area contributed by atoms with Crippen LogP contribution in [0.1, 0.15) is 27.2 Å². The molecule has 0 aromatic carbocycles. The van der Waals surface area contributed by atoms with Crippen molar-refractivity contribution in [3.05, 3.63) is 0 Å². The number of rotatable bonds is 8. The largest absolute Gasteiger partial charge is 0.465 e. The lowest BCUT2D eigenvalue weighted by molar-refractivity contribution is -0.148. The van der Waals surface area contributed by atoms with Crippen molar-refractivity contribution in [3.8, 4) is 6.07 Å². The van der Waals surface area contributed by atoms with Crippen molar-refractivity contribution in [2.75, 3.05) is 26.0 Å². The summed E-state index contributed by atoms with van der Waals surface area (Å²) in [6.07, 6.45) is -0.965. The standard InChI is InChI=1S/C12H19FNO5P/c1-4-17-10(15)11(8-14)7-12(11,13)9-20(16,18-5-2)19-6-3/h4-7,9H2,1-3H3. The zero-order valence-corrected chi connectivity index (χ0v) is 12.7. The van der Waals surface area contributed by atoms with Gasteiger partial charge >= 0.3 is 13.6 Å². The van der Waals surface area contributed by atoms with Gasteiger partial charge in [-0.05, 0) is 20.8 Å². The number of carbonyl (C=O) groups is 1. The molecule has 0 heterocycles. The highest BCUT2D eigenvalue weighted by molar-refractivity contribution is 7.54. The Balaban J connectivity index is 2.89. The fourth-order valence-corrected chi connectivity index (χ4v) is 4.13. The van der Waals surface area contributed by atoms with Crippen LogP contribution in [0, 0.1) is 16.7 Å². The van der Waals surface area contributed by atoms with Gasteiger partial charge in [0.25, 0.3) is 0 Å². The summed E-state index contributed by atoms with van der Waals surface area (Å²) in [5.41, 5.74) is -4.12. The second-order valence-corrected chi connectivity index (χ2v) is 6.54. The number of nitriles is 1. The average molecular weight is 307 g/mol. The molecule has 8 heteroatoms. The van der Waals surface area contributed by atoms with E-state index in [-0.39, 0.29) is 26.2 Å². The Bertz CT molecular complexity index is 455. The first kappa shape index (κ1) is 17.1. The van der Waals surface area contributed by atoms with Crippen LogP contribution in [-0.4, -0.2) is 37.6 Å². The van der Waals surface area contributed by atoms with Gasteiger partial charge in [-0.3, -0.25) is 9.36 Å². The summed E-state index contributed by atoms with van der Waals surface area (Å²) in [4.78, 5) is 11.7.